The predicted octanol–water partition coefficient (Wildman–Crippen LogP) is 4.57. The van der Waals surface area contributed by atoms with E-state index in [1.165, 1.54) is 20.7 Å². The summed E-state index contributed by atoms with van der Waals surface area (Å²) in [6.07, 6.45) is -0.574. The Morgan fingerprint density at radius 2 is 1.06 bits per heavy atom. The topological polar surface area (TPSA) is 83.0 Å². The minimum Gasteiger partial charge on any atom is -0.406 e. The molecule has 1 aliphatic rings. The highest BCUT2D eigenvalue weighted by molar-refractivity contribution is 7.00. The van der Waals surface area contributed by atoms with Crippen molar-refractivity contribution >= 4 is 37.4 Å². The van der Waals surface area contributed by atoms with Gasteiger partial charge in [-0.1, -0.05) is 170 Å². The van der Waals surface area contributed by atoms with Crippen LogP contribution in [0.15, 0.2) is 121 Å². The van der Waals surface area contributed by atoms with E-state index in [-0.39, 0.29) is 34.8 Å². The van der Waals surface area contributed by atoms with Gasteiger partial charge in [0.1, 0.15) is 0 Å². The molecule has 6 nitrogen and oxygen atoms in total. The van der Waals surface area contributed by atoms with E-state index in [9.17, 15) is 10.2 Å². The second-order valence-corrected chi connectivity index (χ2v) is 24.3. The van der Waals surface area contributed by atoms with Gasteiger partial charge in [0, 0.05) is 18.6 Å². The molecule has 1 saturated heterocycles. The fourth-order valence-electron chi connectivity index (χ4n) is 7.91. The number of hydrogen-bond donors (Lipinski definition) is 4. The van der Waals surface area contributed by atoms with Crippen molar-refractivity contribution in [3.63, 3.8) is 0 Å². The minimum absolute atomic E-state index is 0.0434. The maximum atomic E-state index is 12.3. The molecule has 8 heteroatoms. The first kappa shape index (κ1) is 38.3. The molecule has 5 rings (SSSR count). The van der Waals surface area contributed by atoms with Crippen LogP contribution < -0.4 is 31.4 Å². The third kappa shape index (κ3) is 7.64. The summed E-state index contributed by atoms with van der Waals surface area (Å²) < 4.78 is 15.2. The maximum Gasteiger partial charge on any atom is 0.261 e. The van der Waals surface area contributed by atoms with Gasteiger partial charge < -0.3 is 29.7 Å². The van der Waals surface area contributed by atoms with Crippen LogP contribution in [0.4, 0.5) is 0 Å². The zero-order chi connectivity index (χ0) is 36.0. The third-order valence-corrected chi connectivity index (χ3v) is 20.6. The average Bonchev–Trinajstić information content (AvgIpc) is 3.41. The Hall–Kier alpha value is -2.93. The van der Waals surface area contributed by atoms with Gasteiger partial charge in [-0.3, -0.25) is 0 Å². The number of rotatable bonds is 14. The molecular weight excluding hydrogens is 653 g/mol. The van der Waals surface area contributed by atoms with Crippen LogP contribution >= 0.6 is 0 Å². The van der Waals surface area contributed by atoms with Crippen molar-refractivity contribution in [1.82, 2.24) is 10.6 Å². The second-order valence-electron chi connectivity index (χ2n) is 15.8. The normalized spacial score (nSPS) is 20.9. The lowest BCUT2D eigenvalue weighted by atomic mass is 10.1. The highest BCUT2D eigenvalue weighted by Gasteiger charge is 2.57. The summed E-state index contributed by atoms with van der Waals surface area (Å²) in [5.41, 5.74) is 0. The molecule has 0 spiro atoms. The van der Waals surface area contributed by atoms with E-state index in [2.05, 4.69) is 180 Å². The van der Waals surface area contributed by atoms with Gasteiger partial charge in [-0.25, -0.2) is 0 Å². The number of hydrogen-bond acceptors (Lipinski definition) is 6. The summed E-state index contributed by atoms with van der Waals surface area (Å²) in [6, 6.07) is 42.0. The largest absolute Gasteiger partial charge is 0.406 e. The summed E-state index contributed by atoms with van der Waals surface area (Å²) >= 11 is 0. The SMILES string of the molecule is CCC(CO)NC[C@@H]1N[C@H](CO[Si](c2ccccc2)(c2ccccc2)C(C)(C)C)[C@@H](O[Si](c2ccccc2)(c2ccccc2)C(C)(C)C)[C@@H]1O. The first-order chi connectivity index (χ1) is 23.9. The highest BCUT2D eigenvalue weighted by Crippen LogP contribution is 2.40. The number of nitrogens with one attached hydrogen (secondary N) is 2. The summed E-state index contributed by atoms with van der Waals surface area (Å²) in [5, 5.41) is 33.9. The van der Waals surface area contributed by atoms with Gasteiger partial charge in [0.15, 0.2) is 0 Å². The number of aliphatic hydroxyl groups excluding tert-OH is 2. The molecule has 50 heavy (non-hydrogen) atoms. The Kier molecular flexibility index (Phi) is 12.4. The van der Waals surface area contributed by atoms with Crippen LogP contribution in [-0.4, -0.2) is 76.9 Å². The lowest BCUT2D eigenvalue weighted by Crippen LogP contribution is -2.70. The quantitative estimate of drug-likeness (QED) is 0.144. The smallest absolute Gasteiger partial charge is 0.261 e. The number of benzene rings is 4. The Balaban J connectivity index is 1.61. The summed E-state index contributed by atoms with van der Waals surface area (Å²) in [4.78, 5) is 0. The molecule has 0 saturated carbocycles. The predicted molar refractivity (Wildman–Crippen MR) is 212 cm³/mol. The van der Waals surface area contributed by atoms with Crippen molar-refractivity contribution in [3.8, 4) is 0 Å². The fourth-order valence-corrected chi connectivity index (χ4v) is 17.2. The van der Waals surface area contributed by atoms with E-state index in [0.717, 1.165) is 6.42 Å². The summed E-state index contributed by atoms with van der Waals surface area (Å²) in [6.45, 7) is 16.6. The molecule has 4 N–H and O–H groups in total. The van der Waals surface area contributed by atoms with Crippen LogP contribution in [0.5, 0.6) is 0 Å². The molecule has 0 bridgehead atoms. The Bertz CT molecular complexity index is 1510. The molecule has 1 fully saturated rings. The van der Waals surface area contributed by atoms with Gasteiger partial charge in [-0.05, 0) is 37.2 Å². The summed E-state index contributed by atoms with van der Waals surface area (Å²) in [7, 11) is -5.91. The third-order valence-electron chi connectivity index (χ3n) is 10.5. The molecule has 4 aromatic carbocycles. The molecule has 0 aromatic heterocycles. The van der Waals surface area contributed by atoms with Crippen LogP contribution in [0.25, 0.3) is 0 Å². The minimum atomic E-state index is -3.03. The average molecular weight is 711 g/mol. The van der Waals surface area contributed by atoms with Crippen molar-refractivity contribution in [2.75, 3.05) is 19.8 Å². The first-order valence-corrected chi connectivity index (χ1v) is 22.0. The van der Waals surface area contributed by atoms with E-state index >= 15 is 0 Å². The molecule has 4 aromatic rings. The molecule has 0 radical (unpaired) electrons. The Morgan fingerprint density at radius 1 is 0.660 bits per heavy atom. The van der Waals surface area contributed by atoms with Crippen molar-refractivity contribution in [2.24, 2.45) is 0 Å². The van der Waals surface area contributed by atoms with Crippen molar-refractivity contribution in [3.05, 3.63) is 121 Å². The molecule has 0 aliphatic carbocycles. The van der Waals surface area contributed by atoms with Gasteiger partial charge in [0.05, 0.1) is 31.5 Å². The molecule has 5 atom stereocenters. The van der Waals surface area contributed by atoms with Gasteiger partial charge in [-0.2, -0.15) is 0 Å². The highest BCUT2D eigenvalue weighted by atomic mass is 28.4. The molecule has 1 aliphatic heterocycles. The second kappa shape index (κ2) is 16.2. The van der Waals surface area contributed by atoms with Gasteiger partial charge in [-0.15, -0.1) is 0 Å². The van der Waals surface area contributed by atoms with E-state index in [1.54, 1.807) is 0 Å². The van der Waals surface area contributed by atoms with Gasteiger partial charge in [0.25, 0.3) is 16.6 Å². The lowest BCUT2D eigenvalue weighted by molar-refractivity contribution is 0.0304. The summed E-state index contributed by atoms with van der Waals surface area (Å²) in [5.74, 6) is 0. The fraction of sp³-hybridized carbons (Fsp3) is 0.429. The van der Waals surface area contributed by atoms with Crippen LogP contribution in [0.2, 0.25) is 10.1 Å². The van der Waals surface area contributed by atoms with E-state index in [0.29, 0.717) is 13.2 Å². The molecular formula is C42H58N2O4Si2. The van der Waals surface area contributed by atoms with E-state index in [4.69, 9.17) is 8.85 Å². The lowest BCUT2D eigenvalue weighted by Gasteiger charge is -2.47. The van der Waals surface area contributed by atoms with E-state index < -0.39 is 28.8 Å². The standard InChI is InChI=1S/C42H58N2O4Si2/c1-8-32(30-45)43-29-37-39(46)40(48-50(42(5,6)7,35-25-17-11-18-26-35)36-27-19-12-20-28-36)38(44-37)31-47-49(41(2,3)4,33-21-13-9-14-22-33)34-23-15-10-16-24-34/h9-28,32,37-40,43-46H,8,29-31H2,1-7H3/t32?,37-,38+,39+,40+/m0/s1. The van der Waals surface area contributed by atoms with Crippen LogP contribution in [0.1, 0.15) is 54.9 Å². The zero-order valence-corrected chi connectivity index (χ0v) is 33.0. The van der Waals surface area contributed by atoms with Crippen molar-refractivity contribution in [1.29, 1.82) is 0 Å². The zero-order valence-electron chi connectivity index (χ0n) is 31.0. The Labute approximate surface area is 302 Å². The maximum absolute atomic E-state index is 12.3. The molecule has 0 amide bonds. The molecule has 268 valence electrons. The first-order valence-electron chi connectivity index (χ1n) is 18.2. The van der Waals surface area contributed by atoms with Crippen molar-refractivity contribution in [2.45, 2.75) is 95.3 Å². The van der Waals surface area contributed by atoms with Crippen molar-refractivity contribution < 1.29 is 19.1 Å². The Morgan fingerprint density at radius 3 is 1.42 bits per heavy atom. The number of aliphatic hydroxyl groups is 2. The van der Waals surface area contributed by atoms with Crippen LogP contribution in [0.3, 0.4) is 0 Å². The van der Waals surface area contributed by atoms with Crippen LogP contribution in [0, 0.1) is 0 Å². The molecule has 1 heterocycles. The van der Waals surface area contributed by atoms with Crippen LogP contribution in [-0.2, 0) is 8.85 Å². The van der Waals surface area contributed by atoms with Gasteiger partial charge >= 0.3 is 0 Å². The monoisotopic (exact) mass is 710 g/mol. The molecule has 1 unspecified atom stereocenters. The van der Waals surface area contributed by atoms with Gasteiger partial charge in [0.2, 0.25) is 0 Å². The van der Waals surface area contributed by atoms with E-state index in [1.807, 2.05) is 0 Å².